The molecule has 124 valence electrons. The fraction of sp³-hybridized carbons (Fsp3) is 0.316. The predicted molar refractivity (Wildman–Crippen MR) is 90.5 cm³/mol. The lowest BCUT2D eigenvalue weighted by atomic mass is 9.93. The van der Waals surface area contributed by atoms with Crippen LogP contribution in [0.15, 0.2) is 48.5 Å². The van der Waals surface area contributed by atoms with Crippen molar-refractivity contribution in [3.8, 4) is 0 Å². The van der Waals surface area contributed by atoms with E-state index in [-0.39, 0.29) is 6.03 Å². The summed E-state index contributed by atoms with van der Waals surface area (Å²) in [5, 5.41) is 13.8. The molecular formula is C19H20N2O3. The minimum Gasteiger partial charge on any atom is -0.383 e. The van der Waals surface area contributed by atoms with E-state index in [1.54, 1.807) is 4.90 Å². The molecule has 24 heavy (non-hydrogen) atoms. The lowest BCUT2D eigenvalue weighted by molar-refractivity contribution is 0.0501. The van der Waals surface area contributed by atoms with Crippen molar-refractivity contribution in [3.05, 3.63) is 65.2 Å². The van der Waals surface area contributed by atoms with E-state index in [4.69, 9.17) is 4.74 Å². The van der Waals surface area contributed by atoms with Gasteiger partial charge in [0.2, 0.25) is 0 Å². The fourth-order valence-corrected chi connectivity index (χ4v) is 3.40. The van der Waals surface area contributed by atoms with Gasteiger partial charge in [0.25, 0.3) is 0 Å². The number of hydrogen-bond acceptors (Lipinski definition) is 3. The molecule has 0 radical (unpaired) electrons. The first-order valence-corrected chi connectivity index (χ1v) is 8.17. The third-order valence-electron chi connectivity index (χ3n) is 4.82. The molecule has 2 N–H and O–H groups in total. The molecule has 0 bridgehead atoms. The maximum absolute atomic E-state index is 12.5. The van der Waals surface area contributed by atoms with Crippen LogP contribution < -0.4 is 5.32 Å². The lowest BCUT2D eigenvalue weighted by Crippen LogP contribution is -2.37. The summed E-state index contributed by atoms with van der Waals surface area (Å²) in [7, 11) is 0. The molecular weight excluding hydrogens is 304 g/mol. The van der Waals surface area contributed by atoms with Crippen LogP contribution in [0.25, 0.3) is 0 Å². The highest BCUT2D eigenvalue weighted by Crippen LogP contribution is 2.32. The Hall–Kier alpha value is -2.37. The third-order valence-corrected chi connectivity index (χ3v) is 4.82. The maximum atomic E-state index is 12.5. The van der Waals surface area contributed by atoms with E-state index < -0.39 is 5.60 Å². The first kappa shape index (κ1) is 15.2. The maximum Gasteiger partial charge on any atom is 0.321 e. The highest BCUT2D eigenvalue weighted by Gasteiger charge is 2.39. The summed E-state index contributed by atoms with van der Waals surface area (Å²) in [6, 6.07) is 15.2. The molecule has 2 aliphatic heterocycles. The average molecular weight is 324 g/mol. The van der Waals surface area contributed by atoms with Gasteiger partial charge in [0.05, 0.1) is 19.8 Å². The SMILES string of the molecule is O=C(Nc1ccc2c(c1)COC2)N1CCC(O)(c2ccccc2)C1. The van der Waals surface area contributed by atoms with Crippen LogP contribution in [0.5, 0.6) is 0 Å². The Labute approximate surface area is 140 Å². The van der Waals surface area contributed by atoms with Gasteiger partial charge in [0.15, 0.2) is 0 Å². The number of carbonyl (C=O) groups excluding carboxylic acids is 1. The number of likely N-dealkylation sites (tertiary alicyclic amines) is 1. The molecule has 0 saturated carbocycles. The van der Waals surface area contributed by atoms with E-state index in [0.29, 0.717) is 32.7 Å². The van der Waals surface area contributed by atoms with Crippen molar-refractivity contribution in [2.75, 3.05) is 18.4 Å². The molecule has 0 spiro atoms. The summed E-state index contributed by atoms with van der Waals surface area (Å²) in [5.74, 6) is 0. The first-order valence-electron chi connectivity index (χ1n) is 8.17. The van der Waals surface area contributed by atoms with Crippen LogP contribution in [-0.2, 0) is 23.6 Å². The first-order chi connectivity index (χ1) is 11.6. The topological polar surface area (TPSA) is 61.8 Å². The van der Waals surface area contributed by atoms with Crippen molar-refractivity contribution in [1.82, 2.24) is 4.90 Å². The number of benzene rings is 2. The standard InChI is InChI=1S/C19H20N2O3/c22-18(20-17-7-6-14-11-24-12-15(14)10-17)21-9-8-19(23,13-21)16-4-2-1-3-5-16/h1-7,10,23H,8-9,11-13H2,(H,20,22). The van der Waals surface area contributed by atoms with Crippen LogP contribution in [0.1, 0.15) is 23.1 Å². The number of urea groups is 1. The van der Waals surface area contributed by atoms with Crippen LogP contribution >= 0.6 is 0 Å². The van der Waals surface area contributed by atoms with Crippen LogP contribution in [-0.4, -0.2) is 29.1 Å². The zero-order valence-electron chi connectivity index (χ0n) is 13.4. The Morgan fingerprint density at radius 1 is 1.12 bits per heavy atom. The molecule has 0 aromatic heterocycles. The van der Waals surface area contributed by atoms with Crippen molar-refractivity contribution in [1.29, 1.82) is 0 Å². The quantitative estimate of drug-likeness (QED) is 0.893. The van der Waals surface area contributed by atoms with E-state index >= 15 is 0 Å². The third kappa shape index (κ3) is 2.77. The van der Waals surface area contributed by atoms with E-state index in [0.717, 1.165) is 16.8 Å². The monoisotopic (exact) mass is 324 g/mol. The van der Waals surface area contributed by atoms with Gasteiger partial charge in [-0.2, -0.15) is 0 Å². The summed E-state index contributed by atoms with van der Waals surface area (Å²) >= 11 is 0. The summed E-state index contributed by atoms with van der Waals surface area (Å²) in [6.45, 7) is 2.07. The van der Waals surface area contributed by atoms with Gasteiger partial charge < -0.3 is 20.1 Å². The summed E-state index contributed by atoms with van der Waals surface area (Å²) in [5.41, 5.74) is 2.95. The number of amides is 2. The molecule has 2 heterocycles. The van der Waals surface area contributed by atoms with Gasteiger partial charge in [0.1, 0.15) is 5.60 Å². The van der Waals surface area contributed by atoms with Gasteiger partial charge in [-0.05, 0) is 35.2 Å². The van der Waals surface area contributed by atoms with Gasteiger partial charge >= 0.3 is 6.03 Å². The van der Waals surface area contributed by atoms with Gasteiger partial charge in [-0.3, -0.25) is 0 Å². The van der Waals surface area contributed by atoms with Crippen LogP contribution in [0.3, 0.4) is 0 Å². The number of aliphatic hydroxyl groups is 1. The second-order valence-corrected chi connectivity index (χ2v) is 6.48. The minimum absolute atomic E-state index is 0.180. The van der Waals surface area contributed by atoms with E-state index in [9.17, 15) is 9.90 Å². The van der Waals surface area contributed by atoms with E-state index in [1.807, 2.05) is 48.5 Å². The van der Waals surface area contributed by atoms with Crippen molar-refractivity contribution >= 4 is 11.7 Å². The van der Waals surface area contributed by atoms with Gasteiger partial charge in [0, 0.05) is 12.2 Å². The molecule has 5 nitrogen and oxygen atoms in total. The molecule has 4 rings (SSSR count). The van der Waals surface area contributed by atoms with E-state index in [2.05, 4.69) is 5.32 Å². The molecule has 1 saturated heterocycles. The number of hydrogen-bond donors (Lipinski definition) is 2. The number of fused-ring (bicyclic) bond motifs is 1. The smallest absolute Gasteiger partial charge is 0.321 e. The molecule has 1 fully saturated rings. The number of carbonyl (C=O) groups is 1. The zero-order chi connectivity index (χ0) is 16.6. The zero-order valence-corrected chi connectivity index (χ0v) is 13.4. The van der Waals surface area contributed by atoms with Gasteiger partial charge in [-0.1, -0.05) is 36.4 Å². The highest BCUT2D eigenvalue weighted by molar-refractivity contribution is 5.89. The number of β-amino-alcohol motifs (C(OH)–C–C–N with tert-alkyl or cyclic N) is 1. The molecule has 0 aliphatic carbocycles. The van der Waals surface area contributed by atoms with Crippen molar-refractivity contribution in [2.24, 2.45) is 0 Å². The predicted octanol–water partition coefficient (Wildman–Crippen LogP) is 2.84. The summed E-state index contributed by atoms with van der Waals surface area (Å²) in [4.78, 5) is 14.2. The van der Waals surface area contributed by atoms with E-state index in [1.165, 1.54) is 5.56 Å². The number of rotatable bonds is 2. The van der Waals surface area contributed by atoms with Gasteiger partial charge in [-0.15, -0.1) is 0 Å². The molecule has 5 heteroatoms. The Bertz CT molecular complexity index is 762. The fourth-order valence-electron chi connectivity index (χ4n) is 3.40. The van der Waals surface area contributed by atoms with Crippen LogP contribution in [0.2, 0.25) is 0 Å². The van der Waals surface area contributed by atoms with Gasteiger partial charge in [-0.25, -0.2) is 4.79 Å². The van der Waals surface area contributed by atoms with Crippen molar-refractivity contribution < 1.29 is 14.6 Å². The Morgan fingerprint density at radius 2 is 1.92 bits per heavy atom. The normalized spacial score (nSPS) is 22.5. The molecule has 2 aromatic carbocycles. The Kier molecular flexibility index (Phi) is 3.75. The molecule has 1 unspecified atom stereocenters. The Morgan fingerprint density at radius 3 is 2.75 bits per heavy atom. The largest absolute Gasteiger partial charge is 0.383 e. The summed E-state index contributed by atoms with van der Waals surface area (Å²) in [6.07, 6.45) is 0.544. The Balaban J connectivity index is 1.44. The van der Waals surface area contributed by atoms with Crippen LogP contribution in [0, 0.1) is 0 Å². The number of nitrogens with one attached hydrogen (secondary N) is 1. The molecule has 2 amide bonds. The molecule has 2 aromatic rings. The highest BCUT2D eigenvalue weighted by atomic mass is 16.5. The minimum atomic E-state index is -0.968. The average Bonchev–Trinajstić information content (AvgIpc) is 3.22. The number of anilines is 1. The molecule has 1 atom stereocenters. The van der Waals surface area contributed by atoms with Crippen molar-refractivity contribution in [3.63, 3.8) is 0 Å². The lowest BCUT2D eigenvalue weighted by Gasteiger charge is -2.24. The molecule has 2 aliphatic rings. The second-order valence-electron chi connectivity index (χ2n) is 6.48. The van der Waals surface area contributed by atoms with Crippen LogP contribution in [0.4, 0.5) is 10.5 Å². The van der Waals surface area contributed by atoms with Crippen molar-refractivity contribution in [2.45, 2.75) is 25.2 Å². The number of ether oxygens (including phenoxy) is 1. The second kappa shape index (κ2) is 5.92. The summed E-state index contributed by atoms with van der Waals surface area (Å²) < 4.78 is 5.39. The number of nitrogens with zero attached hydrogens (tertiary/aromatic N) is 1.